The predicted octanol–water partition coefficient (Wildman–Crippen LogP) is 0.333. The molecule has 0 aliphatic rings. The van der Waals surface area contributed by atoms with Crippen LogP contribution in [-0.2, 0) is 0 Å². The first kappa shape index (κ1) is 13.4. The van der Waals surface area contributed by atoms with Crippen LogP contribution in [0.1, 0.15) is 27.7 Å². The van der Waals surface area contributed by atoms with Gasteiger partial charge in [0.1, 0.15) is 0 Å². The normalized spacial score (nSPS) is 11.0. The van der Waals surface area contributed by atoms with Gasteiger partial charge in [-0.3, -0.25) is 0 Å². The van der Waals surface area contributed by atoms with E-state index in [-0.39, 0.29) is 26.8 Å². The molecule has 2 heteroatoms. The Labute approximate surface area is 95.4 Å². The van der Waals surface area contributed by atoms with Crippen molar-refractivity contribution >= 4 is 13.2 Å². The zero-order chi connectivity index (χ0) is 9.14. The monoisotopic (exact) mass is 188 g/mol. The Morgan fingerprint density at radius 3 is 1.62 bits per heavy atom. The molecule has 0 heterocycles. The summed E-state index contributed by atoms with van der Waals surface area (Å²) in [5.74, 6) is 0. The van der Waals surface area contributed by atoms with Crippen LogP contribution in [0.2, 0.25) is 0 Å². The predicted molar refractivity (Wildman–Crippen MR) is 58.9 cm³/mol. The molecule has 0 atom stereocenters. The minimum absolute atomic E-state index is 0. The van der Waals surface area contributed by atoms with Crippen LogP contribution in [0, 0.1) is 0 Å². The van der Waals surface area contributed by atoms with Crippen molar-refractivity contribution in [3.63, 3.8) is 0 Å². The van der Waals surface area contributed by atoms with Crippen molar-refractivity contribution in [1.29, 1.82) is 0 Å². The Morgan fingerprint density at radius 1 is 0.923 bits per heavy atom. The first-order valence-corrected chi connectivity index (χ1v) is 6.11. The Kier molecular flexibility index (Phi) is 6.15. The molecule has 68 valence electrons. The SMILES string of the molecule is CC(C)P([c-]1cccc1)C(C)C.[Li+]. The van der Waals surface area contributed by atoms with Crippen molar-refractivity contribution in [3.8, 4) is 0 Å². The standard InChI is InChI=1S/C11H18P.Li/c1-9(2)12(10(3)4)11-7-5-6-8-11;/h5-10H,1-4H3;/q-1;+1. The van der Waals surface area contributed by atoms with Gasteiger partial charge in [-0.25, -0.2) is 12.1 Å². The van der Waals surface area contributed by atoms with Crippen molar-refractivity contribution in [3.05, 3.63) is 24.3 Å². The molecule has 0 aliphatic heterocycles. The third-order valence-corrected chi connectivity index (χ3v) is 5.18. The second-order valence-electron chi connectivity index (χ2n) is 3.74. The molecule has 1 aromatic rings. The van der Waals surface area contributed by atoms with Crippen molar-refractivity contribution in [2.45, 2.75) is 39.0 Å². The molecule has 0 nitrogen and oxygen atoms in total. The fourth-order valence-corrected chi connectivity index (χ4v) is 4.63. The van der Waals surface area contributed by atoms with Gasteiger partial charge in [0.05, 0.1) is 0 Å². The smallest absolute Gasteiger partial charge is 0.213 e. The molecular weight excluding hydrogens is 170 g/mol. The first-order valence-electron chi connectivity index (χ1n) is 4.63. The van der Waals surface area contributed by atoms with E-state index >= 15 is 0 Å². The molecule has 0 fully saturated rings. The molecule has 0 unspecified atom stereocenters. The van der Waals surface area contributed by atoms with Crippen LogP contribution in [0.25, 0.3) is 0 Å². The zero-order valence-electron chi connectivity index (χ0n) is 9.41. The van der Waals surface area contributed by atoms with Gasteiger partial charge >= 0.3 is 18.9 Å². The van der Waals surface area contributed by atoms with Crippen molar-refractivity contribution in [1.82, 2.24) is 0 Å². The van der Waals surface area contributed by atoms with Crippen molar-refractivity contribution in [2.24, 2.45) is 0 Å². The van der Waals surface area contributed by atoms with Gasteiger partial charge in [-0.2, -0.15) is 12.1 Å². The summed E-state index contributed by atoms with van der Waals surface area (Å²) in [6.07, 6.45) is 0. The maximum atomic E-state index is 2.33. The second kappa shape index (κ2) is 5.97. The summed E-state index contributed by atoms with van der Waals surface area (Å²) in [7, 11) is 0.0633. The van der Waals surface area contributed by atoms with Crippen molar-refractivity contribution in [2.75, 3.05) is 0 Å². The summed E-state index contributed by atoms with van der Waals surface area (Å²) in [6.45, 7) is 9.33. The second-order valence-corrected chi connectivity index (χ2v) is 7.13. The molecule has 0 saturated carbocycles. The van der Waals surface area contributed by atoms with Crippen LogP contribution in [-0.4, -0.2) is 11.3 Å². The number of rotatable bonds is 3. The van der Waals surface area contributed by atoms with Crippen molar-refractivity contribution < 1.29 is 18.9 Å². The minimum atomic E-state index is 0. The minimum Gasteiger partial charge on any atom is -0.213 e. The van der Waals surface area contributed by atoms with Gasteiger partial charge in [0, 0.05) is 0 Å². The van der Waals surface area contributed by atoms with Gasteiger partial charge in [-0.15, -0.1) is 13.2 Å². The van der Waals surface area contributed by atoms with E-state index in [2.05, 4.69) is 52.0 Å². The van der Waals surface area contributed by atoms with Gasteiger partial charge < -0.3 is 0 Å². The zero-order valence-corrected chi connectivity index (χ0v) is 10.3. The van der Waals surface area contributed by atoms with E-state index < -0.39 is 0 Å². The van der Waals surface area contributed by atoms with E-state index in [1.807, 2.05) is 0 Å². The summed E-state index contributed by atoms with van der Waals surface area (Å²) in [5, 5.41) is 1.56. The summed E-state index contributed by atoms with van der Waals surface area (Å²) in [4.78, 5) is 0. The quantitative estimate of drug-likeness (QED) is 0.364. The molecule has 0 radical (unpaired) electrons. The maximum Gasteiger partial charge on any atom is 1.00 e. The van der Waals surface area contributed by atoms with Gasteiger partial charge in [0.25, 0.3) is 0 Å². The molecule has 1 rings (SSSR count). The molecular formula is C11H18LiP. The molecule has 1 aromatic carbocycles. The maximum absolute atomic E-state index is 2.33. The number of hydrogen-bond donors (Lipinski definition) is 0. The number of hydrogen-bond acceptors (Lipinski definition) is 0. The van der Waals surface area contributed by atoms with E-state index in [1.54, 1.807) is 5.30 Å². The Balaban J connectivity index is 0.00000144. The summed E-state index contributed by atoms with van der Waals surface area (Å²) in [6, 6.07) is 8.84. The fraction of sp³-hybridized carbons (Fsp3) is 0.545. The van der Waals surface area contributed by atoms with Crippen LogP contribution in [0.5, 0.6) is 0 Å². The molecule has 0 spiro atoms. The Bertz CT molecular complexity index is 206. The van der Waals surface area contributed by atoms with Crippen LogP contribution in [0.3, 0.4) is 0 Å². The molecule has 0 bridgehead atoms. The van der Waals surface area contributed by atoms with Crippen LogP contribution in [0.15, 0.2) is 24.3 Å². The third-order valence-electron chi connectivity index (χ3n) is 2.06. The molecule has 0 N–H and O–H groups in total. The van der Waals surface area contributed by atoms with Crippen LogP contribution < -0.4 is 24.2 Å². The van der Waals surface area contributed by atoms with Gasteiger partial charge in [0.2, 0.25) is 0 Å². The Hall–Kier alpha value is 0.377. The average Bonchev–Trinajstić information content (AvgIpc) is 2.37. The molecule has 0 aromatic heterocycles. The van der Waals surface area contributed by atoms with E-state index in [4.69, 9.17) is 0 Å². The first-order chi connectivity index (χ1) is 5.63. The van der Waals surface area contributed by atoms with Gasteiger partial charge in [0.15, 0.2) is 0 Å². The molecule has 13 heavy (non-hydrogen) atoms. The molecule has 0 amide bonds. The van der Waals surface area contributed by atoms with Gasteiger partial charge in [-0.05, 0) is 11.3 Å². The summed E-state index contributed by atoms with van der Waals surface area (Å²) < 4.78 is 0. The topological polar surface area (TPSA) is 0 Å². The van der Waals surface area contributed by atoms with Gasteiger partial charge in [-0.1, -0.05) is 27.7 Å². The van der Waals surface area contributed by atoms with Crippen LogP contribution in [0.4, 0.5) is 0 Å². The summed E-state index contributed by atoms with van der Waals surface area (Å²) >= 11 is 0. The van der Waals surface area contributed by atoms with E-state index in [0.29, 0.717) is 0 Å². The summed E-state index contributed by atoms with van der Waals surface area (Å²) in [5.41, 5.74) is 1.62. The van der Waals surface area contributed by atoms with E-state index in [0.717, 1.165) is 11.3 Å². The molecule has 0 saturated heterocycles. The average molecular weight is 188 g/mol. The van der Waals surface area contributed by atoms with E-state index in [9.17, 15) is 0 Å². The van der Waals surface area contributed by atoms with Crippen LogP contribution >= 0.6 is 7.92 Å². The third kappa shape index (κ3) is 3.55. The Morgan fingerprint density at radius 2 is 1.31 bits per heavy atom. The van der Waals surface area contributed by atoms with E-state index in [1.165, 1.54) is 0 Å². The fourth-order valence-electron chi connectivity index (χ4n) is 1.73. The largest absolute Gasteiger partial charge is 1.00 e. The molecule has 0 aliphatic carbocycles.